The monoisotopic (exact) mass is 308 g/mol. The molecule has 3 unspecified atom stereocenters. The maximum absolute atomic E-state index is 12.5. The largest absolute Gasteiger partial charge is 0.494 e. The summed E-state index contributed by atoms with van der Waals surface area (Å²) in [4.78, 5) is 12.5. The van der Waals surface area contributed by atoms with E-state index < -0.39 is 6.10 Å². The average Bonchev–Trinajstić information content (AvgIpc) is 2.51. The van der Waals surface area contributed by atoms with Gasteiger partial charge in [-0.25, -0.2) is 0 Å². The van der Waals surface area contributed by atoms with Crippen molar-refractivity contribution in [2.24, 2.45) is 5.92 Å². The Bertz CT molecular complexity index is 526. The summed E-state index contributed by atoms with van der Waals surface area (Å²) < 4.78 is 10.4. The Morgan fingerprint density at radius 1 is 1.19 bits per heavy atom. The fourth-order valence-electron chi connectivity index (χ4n) is 2.74. The zero-order valence-corrected chi connectivity index (χ0v) is 13.2. The van der Waals surface area contributed by atoms with Gasteiger partial charge in [-0.05, 0) is 18.2 Å². The lowest BCUT2D eigenvalue weighted by molar-refractivity contribution is -0.122. The lowest BCUT2D eigenvalue weighted by atomic mass is 9.83. The van der Waals surface area contributed by atoms with E-state index in [-0.39, 0.29) is 28.5 Å². The van der Waals surface area contributed by atoms with Gasteiger partial charge in [0.25, 0.3) is 0 Å². The van der Waals surface area contributed by atoms with Crippen LogP contribution < -0.4 is 0 Å². The van der Waals surface area contributed by atoms with Crippen LogP contribution >= 0.6 is 11.8 Å². The first-order chi connectivity index (χ1) is 10.1. The second-order valence-corrected chi connectivity index (χ2v) is 5.90. The van der Waals surface area contributed by atoms with Gasteiger partial charge in [0.2, 0.25) is 11.5 Å². The maximum atomic E-state index is 12.5. The van der Waals surface area contributed by atoms with Crippen molar-refractivity contribution in [2.45, 2.75) is 17.8 Å². The number of thioether (sulfide) groups is 1. The number of hydrogen-bond donors (Lipinski definition) is 1. The van der Waals surface area contributed by atoms with E-state index in [1.165, 1.54) is 26.0 Å². The van der Waals surface area contributed by atoms with Crippen molar-refractivity contribution in [3.05, 3.63) is 47.4 Å². The molecule has 0 bridgehead atoms. The zero-order valence-electron chi connectivity index (χ0n) is 12.4. The molecule has 114 valence electrons. The van der Waals surface area contributed by atoms with Gasteiger partial charge in [-0.1, -0.05) is 30.3 Å². The molecule has 3 atom stereocenters. The van der Waals surface area contributed by atoms with Crippen LogP contribution in [-0.2, 0) is 20.7 Å². The number of hydrogen-bond acceptors (Lipinski definition) is 5. The predicted molar refractivity (Wildman–Crippen MR) is 83.0 cm³/mol. The number of rotatable bonds is 5. The SMILES string of the molecule is COC1=C(OC)C(O)C(Cc2ccccc2)C(SC)C1=O. The van der Waals surface area contributed by atoms with Crippen molar-refractivity contribution < 1.29 is 19.4 Å². The summed E-state index contributed by atoms with van der Waals surface area (Å²) in [5.41, 5.74) is 1.09. The van der Waals surface area contributed by atoms with Gasteiger partial charge in [-0.15, -0.1) is 0 Å². The van der Waals surface area contributed by atoms with Crippen LogP contribution in [0.3, 0.4) is 0 Å². The molecule has 0 radical (unpaired) electrons. The first kappa shape index (κ1) is 15.9. The number of aliphatic hydroxyl groups excluding tert-OH is 1. The molecule has 0 fully saturated rings. The number of allylic oxidation sites excluding steroid dienone is 1. The van der Waals surface area contributed by atoms with Gasteiger partial charge in [0, 0.05) is 5.92 Å². The van der Waals surface area contributed by atoms with Crippen LogP contribution in [0.4, 0.5) is 0 Å². The maximum Gasteiger partial charge on any atom is 0.214 e. The normalized spacial score (nSPS) is 25.9. The third kappa shape index (κ3) is 3.09. The van der Waals surface area contributed by atoms with E-state index in [2.05, 4.69) is 0 Å². The van der Waals surface area contributed by atoms with Crippen molar-refractivity contribution in [3.63, 3.8) is 0 Å². The predicted octanol–water partition coefficient (Wildman–Crippen LogP) is 2.02. The number of aliphatic hydroxyl groups is 1. The molecule has 0 aliphatic heterocycles. The van der Waals surface area contributed by atoms with Crippen LogP contribution in [-0.4, -0.2) is 42.7 Å². The minimum Gasteiger partial charge on any atom is -0.494 e. The quantitative estimate of drug-likeness (QED) is 0.902. The van der Waals surface area contributed by atoms with Crippen LogP contribution in [0.15, 0.2) is 41.9 Å². The van der Waals surface area contributed by atoms with Gasteiger partial charge >= 0.3 is 0 Å². The highest BCUT2D eigenvalue weighted by molar-refractivity contribution is 8.00. The Morgan fingerprint density at radius 3 is 2.38 bits per heavy atom. The van der Waals surface area contributed by atoms with Crippen molar-refractivity contribution in [3.8, 4) is 0 Å². The number of benzene rings is 1. The molecule has 5 heteroatoms. The molecular weight excluding hydrogens is 288 g/mol. The van der Waals surface area contributed by atoms with E-state index in [0.29, 0.717) is 6.42 Å². The van der Waals surface area contributed by atoms with Crippen LogP contribution in [0.2, 0.25) is 0 Å². The topological polar surface area (TPSA) is 55.8 Å². The number of carbonyl (C=O) groups excluding carboxylic acids is 1. The molecule has 1 N–H and O–H groups in total. The third-order valence-electron chi connectivity index (χ3n) is 3.76. The van der Waals surface area contributed by atoms with Crippen LogP contribution in [0, 0.1) is 5.92 Å². The summed E-state index contributed by atoms with van der Waals surface area (Å²) in [5, 5.41) is 10.2. The minimum atomic E-state index is -0.847. The van der Waals surface area contributed by atoms with E-state index in [1.54, 1.807) is 0 Å². The summed E-state index contributed by atoms with van der Waals surface area (Å²) >= 11 is 1.44. The Hall–Kier alpha value is -1.46. The van der Waals surface area contributed by atoms with E-state index in [1.807, 2.05) is 36.6 Å². The molecule has 1 aromatic carbocycles. The number of ether oxygens (including phenoxy) is 2. The average molecular weight is 308 g/mol. The molecule has 1 aromatic rings. The molecule has 0 saturated carbocycles. The number of ketones is 1. The molecule has 2 rings (SSSR count). The van der Waals surface area contributed by atoms with Crippen molar-refractivity contribution in [2.75, 3.05) is 20.5 Å². The molecule has 4 nitrogen and oxygen atoms in total. The molecule has 0 spiro atoms. The number of carbonyl (C=O) groups is 1. The van der Waals surface area contributed by atoms with Gasteiger partial charge in [-0.3, -0.25) is 4.79 Å². The van der Waals surface area contributed by atoms with Gasteiger partial charge in [-0.2, -0.15) is 11.8 Å². The number of Topliss-reactive ketones (excluding diaryl/α,β-unsaturated/α-hetero) is 1. The Kier molecular flexibility index (Phi) is 5.31. The summed E-state index contributed by atoms with van der Waals surface area (Å²) in [5.74, 6) is 0.0132. The summed E-state index contributed by atoms with van der Waals surface area (Å²) in [6.07, 6.45) is 1.64. The molecule has 0 saturated heterocycles. The highest BCUT2D eigenvalue weighted by atomic mass is 32.2. The molecule has 1 aliphatic rings. The third-order valence-corrected chi connectivity index (χ3v) is 4.83. The second-order valence-electron chi connectivity index (χ2n) is 4.92. The smallest absolute Gasteiger partial charge is 0.214 e. The Morgan fingerprint density at radius 2 is 1.86 bits per heavy atom. The van der Waals surface area contributed by atoms with Gasteiger partial charge in [0.15, 0.2) is 5.76 Å². The van der Waals surface area contributed by atoms with Crippen LogP contribution in [0.1, 0.15) is 5.56 Å². The van der Waals surface area contributed by atoms with Crippen molar-refractivity contribution in [1.82, 2.24) is 0 Å². The zero-order chi connectivity index (χ0) is 15.4. The van der Waals surface area contributed by atoms with Crippen LogP contribution in [0.25, 0.3) is 0 Å². The molecule has 21 heavy (non-hydrogen) atoms. The second kappa shape index (κ2) is 7.00. The first-order valence-corrected chi connectivity index (χ1v) is 8.04. The first-order valence-electron chi connectivity index (χ1n) is 6.75. The molecule has 0 heterocycles. The van der Waals surface area contributed by atoms with Gasteiger partial charge < -0.3 is 14.6 Å². The lowest BCUT2D eigenvalue weighted by Crippen LogP contribution is -2.44. The Labute approximate surface area is 129 Å². The van der Waals surface area contributed by atoms with E-state index in [4.69, 9.17) is 9.47 Å². The lowest BCUT2D eigenvalue weighted by Gasteiger charge is -2.35. The van der Waals surface area contributed by atoms with Crippen molar-refractivity contribution in [1.29, 1.82) is 0 Å². The summed E-state index contributed by atoms with van der Waals surface area (Å²) in [6, 6.07) is 9.84. The van der Waals surface area contributed by atoms with Crippen LogP contribution in [0.5, 0.6) is 0 Å². The Balaban J connectivity index is 2.36. The van der Waals surface area contributed by atoms with Gasteiger partial charge in [0.05, 0.1) is 19.5 Å². The fraction of sp³-hybridized carbons (Fsp3) is 0.438. The molecular formula is C16H20O4S. The summed E-state index contributed by atoms with van der Waals surface area (Å²) in [7, 11) is 2.87. The van der Waals surface area contributed by atoms with E-state index in [0.717, 1.165) is 5.56 Å². The van der Waals surface area contributed by atoms with E-state index in [9.17, 15) is 9.90 Å². The standard InChI is InChI=1S/C16H20O4S/c1-19-14-12(17)11(9-10-7-5-4-6-8-10)16(21-3)13(18)15(14)20-2/h4-8,11-12,16-17H,9H2,1-3H3. The molecule has 1 aliphatic carbocycles. The minimum absolute atomic E-state index is 0.118. The molecule has 0 amide bonds. The van der Waals surface area contributed by atoms with Gasteiger partial charge in [0.1, 0.15) is 6.10 Å². The molecule has 0 aromatic heterocycles. The van der Waals surface area contributed by atoms with Crippen molar-refractivity contribution >= 4 is 17.5 Å². The fourth-order valence-corrected chi connectivity index (χ4v) is 3.66. The summed E-state index contributed by atoms with van der Waals surface area (Å²) in [6.45, 7) is 0. The van der Waals surface area contributed by atoms with E-state index >= 15 is 0 Å². The highest BCUT2D eigenvalue weighted by Gasteiger charge is 2.44. The highest BCUT2D eigenvalue weighted by Crippen LogP contribution is 2.36. The number of methoxy groups -OCH3 is 2.